The number of thiophene rings is 1. The van der Waals surface area contributed by atoms with Gasteiger partial charge in [-0.3, -0.25) is 0 Å². The van der Waals surface area contributed by atoms with Crippen LogP contribution >= 0.6 is 34.5 Å². The van der Waals surface area contributed by atoms with E-state index in [2.05, 4.69) is 10.2 Å². The van der Waals surface area contributed by atoms with E-state index in [1.54, 1.807) is 26.0 Å². The van der Waals surface area contributed by atoms with Crippen LogP contribution in [0.15, 0.2) is 40.1 Å². The molecule has 0 N–H and O–H groups in total. The standard InChI is InChI=1S/C17H14Cl2N2O4S/c1-9(15-20-21-16(25-15)14-4-3-7-26-14)24-17(22)10(2)23-13-6-5-11(18)8-12(13)19/h3-10H,1-2H3/t9-,10+/m1/s1. The van der Waals surface area contributed by atoms with Gasteiger partial charge < -0.3 is 13.9 Å². The van der Waals surface area contributed by atoms with Crippen LogP contribution in [-0.4, -0.2) is 22.3 Å². The molecule has 0 spiro atoms. The van der Waals surface area contributed by atoms with Crippen molar-refractivity contribution < 1.29 is 18.7 Å². The minimum atomic E-state index is -0.879. The van der Waals surface area contributed by atoms with Crippen LogP contribution in [0.2, 0.25) is 10.0 Å². The summed E-state index contributed by atoms with van der Waals surface area (Å²) in [7, 11) is 0. The van der Waals surface area contributed by atoms with Crippen molar-refractivity contribution in [2.24, 2.45) is 0 Å². The van der Waals surface area contributed by atoms with Crippen molar-refractivity contribution >= 4 is 40.5 Å². The van der Waals surface area contributed by atoms with E-state index in [0.717, 1.165) is 4.88 Å². The number of rotatable bonds is 6. The zero-order valence-corrected chi connectivity index (χ0v) is 16.1. The Balaban J connectivity index is 1.61. The van der Waals surface area contributed by atoms with Crippen LogP contribution in [-0.2, 0) is 9.53 Å². The van der Waals surface area contributed by atoms with Crippen LogP contribution in [0.25, 0.3) is 10.8 Å². The average Bonchev–Trinajstić information content (AvgIpc) is 3.28. The number of ether oxygens (including phenoxy) is 2. The van der Waals surface area contributed by atoms with Gasteiger partial charge in [-0.05, 0) is 43.5 Å². The van der Waals surface area contributed by atoms with E-state index < -0.39 is 18.2 Å². The molecule has 0 radical (unpaired) electrons. The number of halogens is 2. The predicted molar refractivity (Wildman–Crippen MR) is 98.7 cm³/mol. The minimum Gasteiger partial charge on any atom is -0.477 e. The van der Waals surface area contributed by atoms with Crippen LogP contribution in [0.1, 0.15) is 25.8 Å². The van der Waals surface area contributed by atoms with Gasteiger partial charge in [0.1, 0.15) is 5.75 Å². The molecule has 0 unspecified atom stereocenters. The minimum absolute atomic E-state index is 0.207. The third-order valence-electron chi connectivity index (χ3n) is 3.34. The van der Waals surface area contributed by atoms with Gasteiger partial charge in [0, 0.05) is 5.02 Å². The van der Waals surface area contributed by atoms with Crippen molar-refractivity contribution in [1.82, 2.24) is 10.2 Å². The van der Waals surface area contributed by atoms with E-state index in [1.165, 1.54) is 17.4 Å². The third-order valence-corrected chi connectivity index (χ3v) is 4.73. The molecule has 3 aromatic rings. The van der Waals surface area contributed by atoms with Crippen molar-refractivity contribution in [2.45, 2.75) is 26.1 Å². The normalized spacial score (nSPS) is 13.2. The quantitative estimate of drug-likeness (QED) is 0.519. The topological polar surface area (TPSA) is 74.5 Å². The zero-order valence-electron chi connectivity index (χ0n) is 13.8. The van der Waals surface area contributed by atoms with Crippen LogP contribution in [0.4, 0.5) is 0 Å². The lowest BCUT2D eigenvalue weighted by molar-refractivity contribution is -0.157. The molecule has 1 aromatic carbocycles. The first kappa shape index (κ1) is 18.7. The fourth-order valence-electron chi connectivity index (χ4n) is 2.03. The highest BCUT2D eigenvalue weighted by molar-refractivity contribution is 7.13. The van der Waals surface area contributed by atoms with E-state index in [-0.39, 0.29) is 5.89 Å². The van der Waals surface area contributed by atoms with Gasteiger partial charge in [-0.25, -0.2) is 4.79 Å². The van der Waals surface area contributed by atoms with E-state index in [1.807, 2.05) is 17.5 Å². The monoisotopic (exact) mass is 412 g/mol. The largest absolute Gasteiger partial charge is 0.477 e. The molecule has 2 atom stereocenters. The summed E-state index contributed by atoms with van der Waals surface area (Å²) in [4.78, 5) is 13.1. The molecule has 2 heterocycles. The summed E-state index contributed by atoms with van der Waals surface area (Å²) >= 11 is 13.4. The fraction of sp³-hybridized carbons (Fsp3) is 0.235. The number of nitrogens with zero attached hydrogens (tertiary/aromatic N) is 2. The summed E-state index contributed by atoms with van der Waals surface area (Å²) in [5, 5.41) is 10.6. The van der Waals surface area contributed by atoms with Crippen molar-refractivity contribution in [3.8, 4) is 16.5 Å². The number of carbonyl (C=O) groups excluding carboxylic acids is 1. The second-order valence-electron chi connectivity index (χ2n) is 5.34. The molecule has 0 fully saturated rings. The maximum atomic E-state index is 12.2. The fourth-order valence-corrected chi connectivity index (χ4v) is 3.13. The highest BCUT2D eigenvalue weighted by Gasteiger charge is 2.24. The maximum Gasteiger partial charge on any atom is 0.347 e. The highest BCUT2D eigenvalue weighted by Crippen LogP contribution is 2.29. The van der Waals surface area contributed by atoms with Crippen LogP contribution in [0.3, 0.4) is 0 Å². The van der Waals surface area contributed by atoms with E-state index in [9.17, 15) is 4.79 Å². The molecule has 26 heavy (non-hydrogen) atoms. The lowest BCUT2D eigenvalue weighted by Crippen LogP contribution is -2.27. The van der Waals surface area contributed by atoms with Crippen molar-refractivity contribution in [1.29, 1.82) is 0 Å². The molecular formula is C17H14Cl2N2O4S. The molecular weight excluding hydrogens is 399 g/mol. The smallest absolute Gasteiger partial charge is 0.347 e. The highest BCUT2D eigenvalue weighted by atomic mass is 35.5. The summed E-state index contributed by atoms with van der Waals surface area (Å²) in [5.41, 5.74) is 0. The molecule has 0 aliphatic rings. The first-order valence-electron chi connectivity index (χ1n) is 7.63. The summed E-state index contributed by atoms with van der Waals surface area (Å²) in [5.74, 6) is 0.346. The van der Waals surface area contributed by atoms with Crippen LogP contribution < -0.4 is 4.74 Å². The number of carbonyl (C=O) groups is 1. The van der Waals surface area contributed by atoms with Gasteiger partial charge in [-0.2, -0.15) is 0 Å². The van der Waals surface area contributed by atoms with Crippen LogP contribution in [0, 0.1) is 0 Å². The van der Waals surface area contributed by atoms with Crippen molar-refractivity contribution in [2.75, 3.05) is 0 Å². The Kier molecular flexibility index (Phi) is 5.80. The summed E-state index contributed by atoms with van der Waals surface area (Å²) in [6.07, 6.45) is -1.59. The third kappa shape index (κ3) is 4.35. The second kappa shape index (κ2) is 8.07. The summed E-state index contributed by atoms with van der Waals surface area (Å²) in [6, 6.07) is 8.49. The van der Waals surface area contributed by atoms with Crippen LogP contribution in [0.5, 0.6) is 5.75 Å². The lowest BCUT2D eigenvalue weighted by Gasteiger charge is -2.16. The molecule has 3 rings (SSSR count). The van der Waals surface area contributed by atoms with E-state index in [4.69, 9.17) is 37.1 Å². The molecule has 9 heteroatoms. The van der Waals surface area contributed by atoms with Gasteiger partial charge in [-0.1, -0.05) is 29.3 Å². The molecule has 2 aromatic heterocycles. The zero-order chi connectivity index (χ0) is 18.7. The van der Waals surface area contributed by atoms with Gasteiger partial charge in [-0.15, -0.1) is 21.5 Å². The van der Waals surface area contributed by atoms with Gasteiger partial charge in [0.2, 0.25) is 0 Å². The van der Waals surface area contributed by atoms with Gasteiger partial charge in [0.25, 0.3) is 11.8 Å². The predicted octanol–water partition coefficient (Wildman–Crippen LogP) is 5.18. The van der Waals surface area contributed by atoms with Gasteiger partial charge in [0.05, 0.1) is 9.90 Å². The number of benzene rings is 1. The second-order valence-corrected chi connectivity index (χ2v) is 7.13. The number of esters is 1. The maximum absolute atomic E-state index is 12.2. The summed E-state index contributed by atoms with van der Waals surface area (Å²) < 4.78 is 16.4. The first-order chi connectivity index (χ1) is 12.4. The van der Waals surface area contributed by atoms with Crippen molar-refractivity contribution in [3.63, 3.8) is 0 Å². The Labute approximate surface area is 163 Å². The molecule has 0 bridgehead atoms. The van der Waals surface area contributed by atoms with Gasteiger partial charge >= 0.3 is 5.97 Å². The van der Waals surface area contributed by atoms with E-state index in [0.29, 0.717) is 21.7 Å². The molecule has 0 amide bonds. The van der Waals surface area contributed by atoms with Crippen molar-refractivity contribution in [3.05, 3.63) is 51.6 Å². The Hall–Kier alpha value is -2.09. The number of aromatic nitrogens is 2. The molecule has 136 valence electrons. The molecule has 0 saturated heterocycles. The SMILES string of the molecule is C[C@H](Oc1ccc(Cl)cc1Cl)C(=O)O[C@H](C)c1nnc(-c2cccs2)o1. The Morgan fingerprint density at radius 3 is 2.73 bits per heavy atom. The molecule has 0 aliphatic heterocycles. The Morgan fingerprint density at radius 1 is 1.23 bits per heavy atom. The summed E-state index contributed by atoms with van der Waals surface area (Å²) in [6.45, 7) is 3.20. The molecule has 0 saturated carbocycles. The lowest BCUT2D eigenvalue weighted by atomic mass is 10.3. The number of hydrogen-bond acceptors (Lipinski definition) is 7. The average molecular weight is 413 g/mol. The Morgan fingerprint density at radius 2 is 2.04 bits per heavy atom. The Bertz CT molecular complexity index is 898. The first-order valence-corrected chi connectivity index (χ1v) is 9.27. The van der Waals surface area contributed by atoms with E-state index >= 15 is 0 Å². The molecule has 0 aliphatic carbocycles. The number of hydrogen-bond donors (Lipinski definition) is 0. The van der Waals surface area contributed by atoms with Gasteiger partial charge in [0.15, 0.2) is 12.2 Å². The molecule has 6 nitrogen and oxygen atoms in total.